The van der Waals surface area contributed by atoms with Gasteiger partial charge < -0.3 is 15.1 Å². The molecule has 0 spiro atoms. The third-order valence-electron chi connectivity index (χ3n) is 5.22. The number of hydrogen-bond donors (Lipinski definition) is 1. The van der Waals surface area contributed by atoms with Gasteiger partial charge in [-0.25, -0.2) is 0 Å². The van der Waals surface area contributed by atoms with Crippen molar-refractivity contribution in [3.8, 4) is 0 Å². The van der Waals surface area contributed by atoms with Crippen molar-refractivity contribution in [1.29, 1.82) is 0 Å². The van der Waals surface area contributed by atoms with Crippen LogP contribution in [0.5, 0.6) is 0 Å². The number of nitrogens with zero attached hydrogens (tertiary/aromatic N) is 2. The summed E-state index contributed by atoms with van der Waals surface area (Å²) in [6.45, 7) is 10.2. The molecule has 2 amide bonds. The van der Waals surface area contributed by atoms with Crippen LogP contribution in [-0.2, 0) is 9.59 Å². The van der Waals surface area contributed by atoms with Crippen molar-refractivity contribution in [2.45, 2.75) is 52.5 Å². The molecule has 5 nitrogen and oxygen atoms in total. The van der Waals surface area contributed by atoms with Gasteiger partial charge in [-0.2, -0.15) is 0 Å². The van der Waals surface area contributed by atoms with Crippen molar-refractivity contribution in [1.82, 2.24) is 15.1 Å². The Balaban J connectivity index is 0.00000264. The summed E-state index contributed by atoms with van der Waals surface area (Å²) >= 11 is 0. The van der Waals surface area contributed by atoms with E-state index in [1.165, 1.54) is 0 Å². The lowest BCUT2D eigenvalue weighted by molar-refractivity contribution is -0.141. The highest BCUT2D eigenvalue weighted by molar-refractivity contribution is 5.85. The van der Waals surface area contributed by atoms with Gasteiger partial charge in [0, 0.05) is 38.6 Å². The molecule has 2 unspecified atom stereocenters. The summed E-state index contributed by atoms with van der Waals surface area (Å²) in [6, 6.07) is 0.214. The Bertz CT molecular complexity index is 403. The van der Waals surface area contributed by atoms with Crippen LogP contribution in [0.25, 0.3) is 0 Å². The normalized spacial score (nSPS) is 23.7. The number of nitrogens with one attached hydrogen (secondary N) is 1. The zero-order chi connectivity index (χ0) is 16.1. The molecule has 0 aliphatic carbocycles. The monoisotopic (exact) mass is 345 g/mol. The summed E-state index contributed by atoms with van der Waals surface area (Å²) in [7, 11) is 0. The number of likely N-dealkylation sites (tertiary alicyclic amines) is 1. The maximum atomic E-state index is 12.6. The maximum absolute atomic E-state index is 12.6. The second-order valence-electron chi connectivity index (χ2n) is 7.02. The number of carbonyl (C=O) groups excluding carboxylic acids is 2. The van der Waals surface area contributed by atoms with Crippen LogP contribution in [0.3, 0.4) is 0 Å². The largest absolute Gasteiger partial charge is 0.341 e. The highest BCUT2D eigenvalue weighted by Gasteiger charge is 2.32. The van der Waals surface area contributed by atoms with Gasteiger partial charge in [-0.05, 0) is 24.7 Å². The van der Waals surface area contributed by atoms with Gasteiger partial charge >= 0.3 is 0 Å². The van der Waals surface area contributed by atoms with Crippen LogP contribution >= 0.6 is 12.4 Å². The van der Waals surface area contributed by atoms with Crippen molar-refractivity contribution in [2.24, 2.45) is 11.8 Å². The second kappa shape index (κ2) is 9.48. The predicted molar refractivity (Wildman–Crippen MR) is 94.7 cm³/mol. The molecule has 0 radical (unpaired) electrons. The number of carbonyl (C=O) groups is 2. The molecule has 2 fully saturated rings. The number of piperidine rings is 1. The Kier molecular flexibility index (Phi) is 8.34. The molecule has 2 aliphatic heterocycles. The molecule has 0 saturated carbocycles. The van der Waals surface area contributed by atoms with Crippen molar-refractivity contribution < 1.29 is 9.59 Å². The molecule has 6 heteroatoms. The first kappa shape index (κ1) is 20.2. The first-order valence-corrected chi connectivity index (χ1v) is 8.80. The van der Waals surface area contributed by atoms with Crippen LogP contribution in [0.15, 0.2) is 0 Å². The molecular weight excluding hydrogens is 314 g/mol. The van der Waals surface area contributed by atoms with Crippen molar-refractivity contribution in [3.63, 3.8) is 0 Å². The van der Waals surface area contributed by atoms with Crippen molar-refractivity contribution in [3.05, 3.63) is 0 Å². The third kappa shape index (κ3) is 5.35. The molecule has 134 valence electrons. The summed E-state index contributed by atoms with van der Waals surface area (Å²) in [5, 5.41) is 3.11. The molecule has 2 atom stereocenters. The molecule has 2 saturated heterocycles. The lowest BCUT2D eigenvalue weighted by Crippen LogP contribution is -2.57. The van der Waals surface area contributed by atoms with E-state index in [9.17, 15) is 9.59 Å². The topological polar surface area (TPSA) is 52.7 Å². The SMILES string of the molecule is CCC(CC(=O)N1CCCC(N2CCNCC2=O)C1)C(C)C.Cl. The molecule has 1 N–H and O–H groups in total. The van der Waals surface area contributed by atoms with Gasteiger partial charge in [0.15, 0.2) is 0 Å². The van der Waals surface area contributed by atoms with E-state index < -0.39 is 0 Å². The molecule has 0 aromatic carbocycles. The second-order valence-corrected chi connectivity index (χ2v) is 7.02. The predicted octanol–water partition coefficient (Wildman–Crippen LogP) is 1.90. The number of rotatable bonds is 5. The zero-order valence-corrected chi connectivity index (χ0v) is 15.5. The quantitative estimate of drug-likeness (QED) is 0.828. The summed E-state index contributed by atoms with van der Waals surface area (Å²) in [5.74, 6) is 1.46. The van der Waals surface area contributed by atoms with Crippen molar-refractivity contribution in [2.75, 3.05) is 32.7 Å². The lowest BCUT2D eigenvalue weighted by Gasteiger charge is -2.41. The van der Waals surface area contributed by atoms with E-state index in [0.717, 1.165) is 45.4 Å². The van der Waals surface area contributed by atoms with E-state index >= 15 is 0 Å². The maximum Gasteiger partial charge on any atom is 0.236 e. The van der Waals surface area contributed by atoms with Gasteiger partial charge in [0.2, 0.25) is 11.8 Å². The smallest absolute Gasteiger partial charge is 0.236 e. The van der Waals surface area contributed by atoms with Gasteiger partial charge in [0.05, 0.1) is 6.54 Å². The lowest BCUT2D eigenvalue weighted by atomic mass is 9.89. The van der Waals surface area contributed by atoms with Gasteiger partial charge in [-0.3, -0.25) is 9.59 Å². The highest BCUT2D eigenvalue weighted by Crippen LogP contribution is 2.23. The summed E-state index contributed by atoms with van der Waals surface area (Å²) in [5.41, 5.74) is 0. The first-order valence-electron chi connectivity index (χ1n) is 8.80. The van der Waals surface area contributed by atoms with Crippen LogP contribution in [0.4, 0.5) is 0 Å². The fraction of sp³-hybridized carbons (Fsp3) is 0.882. The van der Waals surface area contributed by atoms with E-state index in [1.54, 1.807) is 0 Å². The number of amides is 2. The summed E-state index contributed by atoms with van der Waals surface area (Å²) < 4.78 is 0. The Morgan fingerprint density at radius 1 is 1.35 bits per heavy atom. The molecule has 2 rings (SSSR count). The Labute approximate surface area is 146 Å². The van der Waals surface area contributed by atoms with E-state index in [2.05, 4.69) is 26.1 Å². The van der Waals surface area contributed by atoms with E-state index in [-0.39, 0.29) is 30.3 Å². The van der Waals surface area contributed by atoms with Gasteiger partial charge in [0.25, 0.3) is 0 Å². The first-order chi connectivity index (χ1) is 10.5. The molecule has 0 bridgehead atoms. The average Bonchev–Trinajstić information content (AvgIpc) is 2.52. The van der Waals surface area contributed by atoms with Gasteiger partial charge in [-0.15, -0.1) is 12.4 Å². The van der Waals surface area contributed by atoms with Crippen LogP contribution in [0.1, 0.15) is 46.5 Å². The number of piperazine rings is 1. The summed E-state index contributed by atoms with van der Waals surface area (Å²) in [4.78, 5) is 28.6. The average molecular weight is 346 g/mol. The minimum Gasteiger partial charge on any atom is -0.341 e. The van der Waals surface area contributed by atoms with E-state index in [4.69, 9.17) is 0 Å². The fourth-order valence-electron chi connectivity index (χ4n) is 3.65. The molecule has 2 aliphatic rings. The fourth-order valence-corrected chi connectivity index (χ4v) is 3.65. The standard InChI is InChI=1S/C17H31N3O2.ClH/c1-4-14(13(2)3)10-16(21)19-8-5-6-15(12-19)20-9-7-18-11-17(20)22;/h13-15,18H,4-12H2,1-3H3;1H. The zero-order valence-electron chi connectivity index (χ0n) is 14.7. The van der Waals surface area contributed by atoms with Gasteiger partial charge in [-0.1, -0.05) is 27.2 Å². The van der Waals surface area contributed by atoms with Crippen LogP contribution in [0.2, 0.25) is 0 Å². The number of halogens is 1. The van der Waals surface area contributed by atoms with E-state index in [0.29, 0.717) is 24.8 Å². The Hall–Kier alpha value is -0.810. The molecular formula is C17H32ClN3O2. The molecule has 0 aromatic heterocycles. The minimum atomic E-state index is 0. The van der Waals surface area contributed by atoms with Crippen molar-refractivity contribution >= 4 is 24.2 Å². The van der Waals surface area contributed by atoms with Crippen LogP contribution in [-0.4, -0.2) is 60.4 Å². The van der Waals surface area contributed by atoms with E-state index in [1.807, 2.05) is 9.80 Å². The number of hydrogen-bond acceptors (Lipinski definition) is 3. The van der Waals surface area contributed by atoms with Gasteiger partial charge in [0.1, 0.15) is 0 Å². The summed E-state index contributed by atoms with van der Waals surface area (Å²) in [6.07, 6.45) is 3.73. The van der Waals surface area contributed by atoms with Crippen LogP contribution < -0.4 is 5.32 Å². The molecule has 0 aromatic rings. The highest BCUT2D eigenvalue weighted by atomic mass is 35.5. The Morgan fingerprint density at radius 3 is 2.70 bits per heavy atom. The Morgan fingerprint density at radius 2 is 2.09 bits per heavy atom. The van der Waals surface area contributed by atoms with Crippen LogP contribution in [0, 0.1) is 11.8 Å². The molecule has 23 heavy (non-hydrogen) atoms. The molecule has 2 heterocycles. The minimum absolute atomic E-state index is 0. The third-order valence-corrected chi connectivity index (χ3v) is 5.22.